The first-order valence-electron chi connectivity index (χ1n) is 5.63. The molecule has 0 radical (unpaired) electrons. The molecule has 3 atom stereocenters. The predicted molar refractivity (Wildman–Crippen MR) is 68.0 cm³/mol. The average molecular weight is 294 g/mol. The van der Waals surface area contributed by atoms with Crippen molar-refractivity contribution in [3.05, 3.63) is 0 Å². The van der Waals surface area contributed by atoms with Crippen molar-refractivity contribution in [3.63, 3.8) is 0 Å². The molecule has 0 fully saturated rings. The smallest absolute Gasteiger partial charge is 0.327 e. The molecule has 0 aromatic rings. The standard InChI is InChI=1S/C10H18N2O6S/c1-2-19(18)5-7(10(16)17)12-8(13)4-3-6(11)9(14)15/h6-7H,2-5,11H2,1H3,(H,12,13)(H,14,15)(H,16,17)/t6?,7-,19?/m0/s1. The van der Waals surface area contributed by atoms with Crippen molar-refractivity contribution >= 4 is 28.6 Å². The first-order chi connectivity index (χ1) is 8.77. The van der Waals surface area contributed by atoms with E-state index in [4.69, 9.17) is 15.9 Å². The second kappa shape index (κ2) is 8.59. The van der Waals surface area contributed by atoms with Gasteiger partial charge >= 0.3 is 11.9 Å². The zero-order valence-corrected chi connectivity index (χ0v) is 11.3. The fourth-order valence-corrected chi connectivity index (χ4v) is 1.99. The summed E-state index contributed by atoms with van der Waals surface area (Å²) in [5.41, 5.74) is 5.21. The van der Waals surface area contributed by atoms with Crippen molar-refractivity contribution in [2.45, 2.75) is 31.8 Å². The summed E-state index contributed by atoms with van der Waals surface area (Å²) in [6.07, 6.45) is -0.291. The van der Waals surface area contributed by atoms with Crippen molar-refractivity contribution in [1.29, 1.82) is 0 Å². The van der Waals surface area contributed by atoms with Crippen molar-refractivity contribution in [3.8, 4) is 0 Å². The van der Waals surface area contributed by atoms with Crippen LogP contribution < -0.4 is 11.1 Å². The molecule has 9 heteroatoms. The fraction of sp³-hybridized carbons (Fsp3) is 0.700. The molecular weight excluding hydrogens is 276 g/mol. The van der Waals surface area contributed by atoms with E-state index in [-0.39, 0.29) is 18.6 Å². The maximum atomic E-state index is 11.4. The van der Waals surface area contributed by atoms with Gasteiger partial charge in [-0.15, -0.1) is 0 Å². The number of hydrogen-bond acceptors (Lipinski definition) is 5. The van der Waals surface area contributed by atoms with Crippen LogP contribution in [0, 0.1) is 0 Å². The average Bonchev–Trinajstić information content (AvgIpc) is 2.34. The van der Waals surface area contributed by atoms with Crippen LogP contribution in [0.1, 0.15) is 19.8 Å². The van der Waals surface area contributed by atoms with Crippen LogP contribution in [0.4, 0.5) is 0 Å². The van der Waals surface area contributed by atoms with Crippen LogP contribution >= 0.6 is 0 Å². The van der Waals surface area contributed by atoms with Gasteiger partial charge in [0.1, 0.15) is 12.1 Å². The highest BCUT2D eigenvalue weighted by molar-refractivity contribution is 7.85. The quantitative estimate of drug-likeness (QED) is 0.405. The predicted octanol–water partition coefficient (Wildman–Crippen LogP) is -1.48. The number of rotatable bonds is 9. The van der Waals surface area contributed by atoms with E-state index in [1.807, 2.05) is 0 Å². The number of amides is 1. The van der Waals surface area contributed by atoms with E-state index in [0.29, 0.717) is 5.75 Å². The largest absolute Gasteiger partial charge is 0.480 e. The molecule has 0 aliphatic heterocycles. The van der Waals surface area contributed by atoms with Crippen LogP contribution in [0.15, 0.2) is 0 Å². The third-order valence-electron chi connectivity index (χ3n) is 2.31. The van der Waals surface area contributed by atoms with Crippen LogP contribution in [-0.4, -0.2) is 55.9 Å². The lowest BCUT2D eigenvalue weighted by Crippen LogP contribution is -2.45. The summed E-state index contributed by atoms with van der Waals surface area (Å²) in [5.74, 6) is -3.02. The van der Waals surface area contributed by atoms with E-state index >= 15 is 0 Å². The Labute approximate surface area is 112 Å². The van der Waals surface area contributed by atoms with E-state index in [1.165, 1.54) is 0 Å². The Kier molecular flexibility index (Phi) is 7.92. The summed E-state index contributed by atoms with van der Waals surface area (Å²) in [5, 5.41) is 19.6. The molecule has 0 saturated carbocycles. The van der Waals surface area contributed by atoms with Crippen LogP contribution in [0.3, 0.4) is 0 Å². The molecule has 0 rings (SSSR count). The molecular formula is C10H18N2O6S. The van der Waals surface area contributed by atoms with Gasteiger partial charge in [-0.05, 0) is 6.42 Å². The summed E-state index contributed by atoms with van der Waals surface area (Å²) in [7, 11) is -1.33. The molecule has 0 aromatic carbocycles. The van der Waals surface area contributed by atoms with Gasteiger partial charge in [-0.1, -0.05) is 6.92 Å². The fourth-order valence-electron chi connectivity index (χ4n) is 1.16. The van der Waals surface area contributed by atoms with Crippen molar-refractivity contribution in [2.75, 3.05) is 11.5 Å². The molecule has 0 aliphatic carbocycles. The highest BCUT2D eigenvalue weighted by atomic mass is 32.2. The number of carbonyl (C=O) groups is 3. The minimum Gasteiger partial charge on any atom is -0.480 e. The van der Waals surface area contributed by atoms with Gasteiger partial charge in [0.05, 0.1) is 5.75 Å². The summed E-state index contributed by atoms with van der Waals surface area (Å²) in [6.45, 7) is 1.64. The Morgan fingerprint density at radius 1 is 1.26 bits per heavy atom. The Bertz CT molecular complexity index is 373. The van der Waals surface area contributed by atoms with Gasteiger partial charge < -0.3 is 21.3 Å². The molecule has 0 spiro atoms. The lowest BCUT2D eigenvalue weighted by Gasteiger charge is -2.14. The molecule has 0 saturated heterocycles. The number of aliphatic carboxylic acids is 2. The lowest BCUT2D eigenvalue weighted by molar-refractivity contribution is -0.141. The first kappa shape index (κ1) is 17.5. The summed E-state index contributed by atoms with van der Waals surface area (Å²) in [6, 6.07) is -2.41. The summed E-state index contributed by atoms with van der Waals surface area (Å²) in [4.78, 5) is 32.7. The van der Waals surface area contributed by atoms with Crippen LogP contribution in [-0.2, 0) is 25.2 Å². The Hall–Kier alpha value is -1.48. The maximum absolute atomic E-state index is 11.4. The van der Waals surface area contributed by atoms with Crippen molar-refractivity contribution < 1.29 is 28.8 Å². The lowest BCUT2D eigenvalue weighted by atomic mass is 10.1. The van der Waals surface area contributed by atoms with Gasteiger partial charge in [0.25, 0.3) is 0 Å². The van der Waals surface area contributed by atoms with Crippen LogP contribution in [0.25, 0.3) is 0 Å². The van der Waals surface area contributed by atoms with Crippen molar-refractivity contribution in [2.24, 2.45) is 5.73 Å². The zero-order valence-electron chi connectivity index (χ0n) is 10.5. The third-order valence-corrected chi connectivity index (χ3v) is 3.66. The molecule has 0 aliphatic rings. The third kappa shape index (κ3) is 7.52. The normalized spacial score (nSPS) is 15.3. The molecule has 1 amide bonds. The molecule has 0 aromatic heterocycles. The number of carboxylic acid groups (broad SMARTS) is 2. The Balaban J connectivity index is 4.29. The van der Waals surface area contributed by atoms with Gasteiger partial charge in [0, 0.05) is 23.0 Å². The number of carboxylic acids is 2. The van der Waals surface area contributed by atoms with E-state index in [9.17, 15) is 18.6 Å². The van der Waals surface area contributed by atoms with E-state index < -0.39 is 40.7 Å². The number of nitrogens with two attached hydrogens (primary N) is 1. The molecule has 110 valence electrons. The van der Waals surface area contributed by atoms with Crippen LogP contribution in [0.5, 0.6) is 0 Å². The van der Waals surface area contributed by atoms with Gasteiger partial charge in [0.15, 0.2) is 0 Å². The minimum atomic E-state index is -1.33. The Morgan fingerprint density at radius 2 is 1.84 bits per heavy atom. The SMILES string of the molecule is CCS(=O)C[C@H](NC(=O)CCC(N)C(=O)O)C(=O)O. The van der Waals surface area contributed by atoms with Gasteiger partial charge in [-0.2, -0.15) is 0 Å². The molecule has 0 heterocycles. The summed E-state index contributed by atoms with van der Waals surface area (Å²) >= 11 is 0. The van der Waals surface area contributed by atoms with Gasteiger partial charge in [-0.25, -0.2) is 4.79 Å². The molecule has 2 unspecified atom stereocenters. The van der Waals surface area contributed by atoms with E-state index in [1.54, 1.807) is 6.92 Å². The van der Waals surface area contributed by atoms with E-state index in [2.05, 4.69) is 5.32 Å². The molecule has 0 bridgehead atoms. The monoisotopic (exact) mass is 294 g/mol. The first-order valence-corrected chi connectivity index (χ1v) is 7.12. The topological polar surface area (TPSA) is 147 Å². The van der Waals surface area contributed by atoms with Crippen LogP contribution in [0.2, 0.25) is 0 Å². The highest BCUT2D eigenvalue weighted by Crippen LogP contribution is 1.97. The number of nitrogens with one attached hydrogen (secondary N) is 1. The second-order valence-corrected chi connectivity index (χ2v) is 5.63. The molecule has 19 heavy (non-hydrogen) atoms. The number of carbonyl (C=O) groups excluding carboxylic acids is 1. The zero-order chi connectivity index (χ0) is 15.0. The Morgan fingerprint density at radius 3 is 2.26 bits per heavy atom. The number of hydrogen-bond donors (Lipinski definition) is 4. The maximum Gasteiger partial charge on any atom is 0.327 e. The second-order valence-electron chi connectivity index (χ2n) is 3.84. The summed E-state index contributed by atoms with van der Waals surface area (Å²) < 4.78 is 11.3. The van der Waals surface area contributed by atoms with E-state index in [0.717, 1.165) is 0 Å². The van der Waals surface area contributed by atoms with Crippen molar-refractivity contribution in [1.82, 2.24) is 5.32 Å². The molecule has 8 nitrogen and oxygen atoms in total. The van der Waals surface area contributed by atoms with Gasteiger partial charge in [-0.3, -0.25) is 13.8 Å². The highest BCUT2D eigenvalue weighted by Gasteiger charge is 2.22. The molecule has 5 N–H and O–H groups in total. The van der Waals surface area contributed by atoms with Gasteiger partial charge in [0.2, 0.25) is 5.91 Å². The minimum absolute atomic E-state index is 0.0929.